The Kier molecular flexibility index (Phi) is 5.34. The molecule has 0 aromatic heterocycles. The molecular weight excluding hydrogens is 239 g/mol. The van der Waals surface area contributed by atoms with Crippen LogP contribution in [-0.4, -0.2) is 24.0 Å². The Morgan fingerprint density at radius 3 is 2.47 bits per heavy atom. The number of hydrogen-bond donors (Lipinski definition) is 1. The first-order valence-electron chi connectivity index (χ1n) is 7.45. The molecule has 1 aromatic carbocycles. The van der Waals surface area contributed by atoms with E-state index in [4.69, 9.17) is 5.73 Å². The van der Waals surface area contributed by atoms with Crippen LogP contribution in [0.25, 0.3) is 0 Å². The summed E-state index contributed by atoms with van der Waals surface area (Å²) in [6.07, 6.45) is 5.71. The minimum absolute atomic E-state index is 0.154. The number of piperidine rings is 1. The molecule has 2 nitrogen and oxygen atoms in total. The Hall–Kier alpha value is -0.930. The van der Waals surface area contributed by atoms with Crippen LogP contribution in [-0.2, 0) is 0 Å². The molecule has 2 rings (SSSR count). The van der Waals surface area contributed by atoms with E-state index in [1.54, 1.807) is 12.1 Å². The monoisotopic (exact) mass is 264 g/mol. The van der Waals surface area contributed by atoms with Gasteiger partial charge in [-0.15, -0.1) is 0 Å². The van der Waals surface area contributed by atoms with Crippen LogP contribution in [0.15, 0.2) is 24.3 Å². The smallest absolute Gasteiger partial charge is 0.123 e. The Morgan fingerprint density at radius 1 is 1.26 bits per heavy atom. The SMILES string of the molecule is CCCCC(c1ccc(F)cc1)N1CCC(N)CC1. The van der Waals surface area contributed by atoms with Crippen molar-refractivity contribution in [1.29, 1.82) is 0 Å². The van der Waals surface area contributed by atoms with Crippen molar-refractivity contribution in [2.24, 2.45) is 5.73 Å². The van der Waals surface area contributed by atoms with Crippen molar-refractivity contribution in [2.45, 2.75) is 51.1 Å². The first-order valence-corrected chi connectivity index (χ1v) is 7.45. The lowest BCUT2D eigenvalue weighted by molar-refractivity contribution is 0.144. The summed E-state index contributed by atoms with van der Waals surface area (Å²) >= 11 is 0. The number of nitrogens with zero attached hydrogens (tertiary/aromatic N) is 1. The Morgan fingerprint density at radius 2 is 1.89 bits per heavy atom. The van der Waals surface area contributed by atoms with E-state index >= 15 is 0 Å². The summed E-state index contributed by atoms with van der Waals surface area (Å²) in [6, 6.07) is 7.80. The summed E-state index contributed by atoms with van der Waals surface area (Å²) in [5.74, 6) is -0.154. The first-order chi connectivity index (χ1) is 9.20. The molecule has 0 amide bonds. The van der Waals surface area contributed by atoms with Crippen molar-refractivity contribution in [3.8, 4) is 0 Å². The molecule has 3 heteroatoms. The van der Waals surface area contributed by atoms with Crippen molar-refractivity contribution >= 4 is 0 Å². The molecule has 2 N–H and O–H groups in total. The summed E-state index contributed by atoms with van der Waals surface area (Å²) in [7, 11) is 0. The fourth-order valence-electron chi connectivity index (χ4n) is 2.87. The van der Waals surface area contributed by atoms with E-state index in [0.29, 0.717) is 12.1 Å². The van der Waals surface area contributed by atoms with Gasteiger partial charge in [0.25, 0.3) is 0 Å². The molecule has 1 heterocycles. The first kappa shape index (κ1) is 14.5. The zero-order valence-corrected chi connectivity index (χ0v) is 11.8. The third-order valence-electron chi connectivity index (χ3n) is 4.10. The van der Waals surface area contributed by atoms with Crippen LogP contribution >= 0.6 is 0 Å². The lowest BCUT2D eigenvalue weighted by Crippen LogP contribution is -2.41. The molecule has 0 radical (unpaired) electrons. The van der Waals surface area contributed by atoms with Gasteiger partial charge in [0.15, 0.2) is 0 Å². The largest absolute Gasteiger partial charge is 0.328 e. The van der Waals surface area contributed by atoms with Crippen LogP contribution in [0.5, 0.6) is 0 Å². The quantitative estimate of drug-likeness (QED) is 0.882. The summed E-state index contributed by atoms with van der Waals surface area (Å²) < 4.78 is 13.1. The van der Waals surface area contributed by atoms with Gasteiger partial charge in [0, 0.05) is 25.2 Å². The van der Waals surface area contributed by atoms with Crippen LogP contribution in [0.3, 0.4) is 0 Å². The molecule has 19 heavy (non-hydrogen) atoms. The molecule has 106 valence electrons. The lowest BCUT2D eigenvalue weighted by atomic mass is 9.96. The van der Waals surface area contributed by atoms with Crippen LogP contribution < -0.4 is 5.73 Å². The van der Waals surface area contributed by atoms with Crippen LogP contribution in [0.4, 0.5) is 4.39 Å². The number of likely N-dealkylation sites (tertiary alicyclic amines) is 1. The number of benzene rings is 1. The van der Waals surface area contributed by atoms with Crippen LogP contribution in [0, 0.1) is 5.82 Å². The highest BCUT2D eigenvalue weighted by Crippen LogP contribution is 2.29. The standard InChI is InChI=1S/C16H25FN2/c1-2-3-4-16(13-5-7-14(17)8-6-13)19-11-9-15(18)10-12-19/h5-8,15-16H,2-4,9-12,18H2,1H3. The van der Waals surface area contributed by atoms with Crippen molar-refractivity contribution in [3.63, 3.8) is 0 Å². The van der Waals surface area contributed by atoms with E-state index in [1.807, 2.05) is 12.1 Å². The molecule has 1 atom stereocenters. The molecule has 1 aliphatic heterocycles. The van der Waals surface area contributed by atoms with Crippen molar-refractivity contribution < 1.29 is 4.39 Å². The number of nitrogens with two attached hydrogens (primary N) is 1. The van der Waals surface area contributed by atoms with Gasteiger partial charge in [0.1, 0.15) is 5.82 Å². The summed E-state index contributed by atoms with van der Waals surface area (Å²) in [5.41, 5.74) is 7.22. The molecule has 1 fully saturated rings. The second-order valence-corrected chi connectivity index (χ2v) is 5.58. The van der Waals surface area contributed by atoms with Crippen molar-refractivity contribution in [3.05, 3.63) is 35.6 Å². The van der Waals surface area contributed by atoms with E-state index in [0.717, 1.165) is 32.4 Å². The molecule has 0 aliphatic carbocycles. The number of hydrogen-bond acceptors (Lipinski definition) is 2. The third kappa shape index (κ3) is 4.02. The Bertz CT molecular complexity index is 369. The molecule has 0 saturated carbocycles. The summed E-state index contributed by atoms with van der Waals surface area (Å²) in [6.45, 7) is 4.34. The second kappa shape index (κ2) is 7.01. The number of halogens is 1. The molecule has 0 spiro atoms. The average molecular weight is 264 g/mol. The molecule has 1 saturated heterocycles. The van der Waals surface area contributed by atoms with Gasteiger partial charge in [0.2, 0.25) is 0 Å². The zero-order valence-electron chi connectivity index (χ0n) is 11.8. The molecule has 1 aromatic rings. The molecule has 0 bridgehead atoms. The van der Waals surface area contributed by atoms with Gasteiger partial charge in [0.05, 0.1) is 0 Å². The predicted octanol–water partition coefficient (Wildman–Crippen LogP) is 3.48. The second-order valence-electron chi connectivity index (χ2n) is 5.58. The highest BCUT2D eigenvalue weighted by Gasteiger charge is 2.24. The maximum Gasteiger partial charge on any atom is 0.123 e. The van der Waals surface area contributed by atoms with Gasteiger partial charge in [-0.25, -0.2) is 4.39 Å². The average Bonchev–Trinajstić information content (AvgIpc) is 2.43. The summed E-state index contributed by atoms with van der Waals surface area (Å²) in [5, 5.41) is 0. The highest BCUT2D eigenvalue weighted by atomic mass is 19.1. The normalized spacial score (nSPS) is 19.5. The maximum atomic E-state index is 13.1. The fourth-order valence-corrected chi connectivity index (χ4v) is 2.87. The maximum absolute atomic E-state index is 13.1. The van der Waals surface area contributed by atoms with Gasteiger partial charge in [-0.2, -0.15) is 0 Å². The van der Waals surface area contributed by atoms with Crippen LogP contribution in [0.1, 0.15) is 50.6 Å². The topological polar surface area (TPSA) is 29.3 Å². The highest BCUT2D eigenvalue weighted by molar-refractivity contribution is 5.20. The van der Waals surface area contributed by atoms with Gasteiger partial charge in [-0.3, -0.25) is 4.90 Å². The molecular formula is C16H25FN2. The lowest BCUT2D eigenvalue weighted by Gasteiger charge is -2.37. The third-order valence-corrected chi connectivity index (χ3v) is 4.10. The van der Waals surface area contributed by atoms with Gasteiger partial charge in [-0.05, 0) is 37.0 Å². The van der Waals surface area contributed by atoms with Gasteiger partial charge in [-0.1, -0.05) is 31.9 Å². The Balaban J connectivity index is 2.08. The van der Waals surface area contributed by atoms with Crippen molar-refractivity contribution in [1.82, 2.24) is 4.90 Å². The summed E-state index contributed by atoms with van der Waals surface area (Å²) in [4.78, 5) is 2.52. The zero-order chi connectivity index (χ0) is 13.7. The Labute approximate surface area is 115 Å². The minimum Gasteiger partial charge on any atom is -0.328 e. The molecule has 1 aliphatic rings. The minimum atomic E-state index is -0.154. The molecule has 1 unspecified atom stereocenters. The number of rotatable bonds is 5. The van der Waals surface area contributed by atoms with Gasteiger partial charge >= 0.3 is 0 Å². The van der Waals surface area contributed by atoms with E-state index in [2.05, 4.69) is 11.8 Å². The fraction of sp³-hybridized carbons (Fsp3) is 0.625. The van der Waals surface area contributed by atoms with Gasteiger partial charge < -0.3 is 5.73 Å². The van der Waals surface area contributed by atoms with Crippen LogP contribution in [0.2, 0.25) is 0 Å². The number of unbranched alkanes of at least 4 members (excludes halogenated alkanes) is 1. The predicted molar refractivity (Wildman–Crippen MR) is 77.4 cm³/mol. The van der Waals surface area contributed by atoms with E-state index < -0.39 is 0 Å². The van der Waals surface area contributed by atoms with E-state index in [1.165, 1.54) is 18.4 Å². The van der Waals surface area contributed by atoms with E-state index in [9.17, 15) is 4.39 Å². The van der Waals surface area contributed by atoms with E-state index in [-0.39, 0.29) is 5.82 Å². The van der Waals surface area contributed by atoms with Crippen molar-refractivity contribution in [2.75, 3.05) is 13.1 Å².